The van der Waals surface area contributed by atoms with Gasteiger partial charge >= 0.3 is 0 Å². The van der Waals surface area contributed by atoms with Crippen LogP contribution in [0.15, 0.2) is 73.1 Å². The van der Waals surface area contributed by atoms with Crippen LogP contribution in [0.25, 0.3) is 10.9 Å². The van der Waals surface area contributed by atoms with Crippen molar-refractivity contribution in [3.63, 3.8) is 0 Å². The summed E-state index contributed by atoms with van der Waals surface area (Å²) in [6, 6.07) is 12.5. The summed E-state index contributed by atoms with van der Waals surface area (Å²) in [4.78, 5) is 9.53. The van der Waals surface area contributed by atoms with Crippen LogP contribution in [0.1, 0.15) is 20.3 Å². The molecule has 27 heavy (non-hydrogen) atoms. The number of rotatable bonds is 6. The van der Waals surface area contributed by atoms with Gasteiger partial charge in [0.05, 0.1) is 5.52 Å². The number of pyridine rings is 1. The molecule has 1 saturated heterocycles. The zero-order valence-corrected chi connectivity index (χ0v) is 16.4. The predicted molar refractivity (Wildman–Crippen MR) is 115 cm³/mol. The van der Waals surface area contributed by atoms with Crippen LogP contribution in [0.4, 0.5) is 10.2 Å². The molecule has 0 radical (unpaired) electrons. The van der Waals surface area contributed by atoms with E-state index in [1.54, 1.807) is 0 Å². The van der Waals surface area contributed by atoms with E-state index in [1.165, 1.54) is 23.6 Å². The Balaban J connectivity index is 0.00000126. The first-order valence-electron chi connectivity index (χ1n) is 9.74. The summed E-state index contributed by atoms with van der Waals surface area (Å²) < 4.78 is 13.2. The first kappa shape index (κ1) is 20.8. The Morgan fingerprint density at radius 1 is 1.11 bits per heavy atom. The standard InChI is InChI=1S/C21H24FN3.C2H6/c1-2-7-19(22)9-5-6-13-24-14-16-25(17-15-24)21-12-11-18-8-3-4-10-20(18)23-21;1-2/h2-5,7-12H,1,6,13-17H2;1-2H3/b9-5-,19-7+;. The van der Waals surface area contributed by atoms with Crippen LogP contribution in [-0.4, -0.2) is 42.6 Å². The van der Waals surface area contributed by atoms with E-state index in [2.05, 4.69) is 40.6 Å². The van der Waals surface area contributed by atoms with Gasteiger partial charge in [0.2, 0.25) is 0 Å². The van der Waals surface area contributed by atoms with Crippen molar-refractivity contribution >= 4 is 16.7 Å². The lowest BCUT2D eigenvalue weighted by atomic mass is 10.2. The van der Waals surface area contributed by atoms with Crippen molar-refractivity contribution in [1.29, 1.82) is 0 Å². The molecule has 2 heterocycles. The lowest BCUT2D eigenvalue weighted by Gasteiger charge is -2.35. The molecule has 0 spiro atoms. The number of hydrogen-bond donors (Lipinski definition) is 0. The van der Waals surface area contributed by atoms with Crippen LogP contribution in [0, 0.1) is 0 Å². The predicted octanol–water partition coefficient (Wildman–Crippen LogP) is 5.37. The van der Waals surface area contributed by atoms with Gasteiger partial charge in [0, 0.05) is 38.1 Å². The molecule has 4 heteroatoms. The molecule has 1 aliphatic rings. The van der Waals surface area contributed by atoms with Crippen LogP contribution >= 0.6 is 0 Å². The van der Waals surface area contributed by atoms with Crippen molar-refractivity contribution in [2.75, 3.05) is 37.6 Å². The van der Waals surface area contributed by atoms with Crippen molar-refractivity contribution < 1.29 is 4.39 Å². The molecule has 3 rings (SSSR count). The first-order chi connectivity index (χ1) is 13.3. The maximum absolute atomic E-state index is 13.2. The first-order valence-corrected chi connectivity index (χ1v) is 9.74. The number of benzene rings is 1. The van der Waals surface area contributed by atoms with Gasteiger partial charge in [-0.3, -0.25) is 4.90 Å². The van der Waals surface area contributed by atoms with Crippen LogP contribution in [0.5, 0.6) is 0 Å². The van der Waals surface area contributed by atoms with E-state index in [1.807, 2.05) is 32.1 Å². The van der Waals surface area contributed by atoms with Gasteiger partial charge in [0.1, 0.15) is 11.6 Å². The molecule has 3 nitrogen and oxygen atoms in total. The van der Waals surface area contributed by atoms with E-state index < -0.39 is 0 Å². The molecule has 0 unspecified atom stereocenters. The van der Waals surface area contributed by atoms with Crippen molar-refractivity contribution in [2.45, 2.75) is 20.3 Å². The number of piperazine rings is 1. The summed E-state index contributed by atoms with van der Waals surface area (Å²) in [5.74, 6) is 0.803. The Morgan fingerprint density at radius 2 is 1.85 bits per heavy atom. The fraction of sp³-hybridized carbons (Fsp3) is 0.348. The largest absolute Gasteiger partial charge is 0.354 e. The molecular formula is C23H30FN3. The van der Waals surface area contributed by atoms with Gasteiger partial charge in [-0.15, -0.1) is 0 Å². The highest BCUT2D eigenvalue weighted by atomic mass is 19.1. The smallest absolute Gasteiger partial charge is 0.129 e. The number of hydrogen-bond acceptors (Lipinski definition) is 3. The average molecular weight is 368 g/mol. The number of para-hydroxylation sites is 1. The summed E-state index contributed by atoms with van der Waals surface area (Å²) in [7, 11) is 0. The van der Waals surface area contributed by atoms with Crippen molar-refractivity contribution in [1.82, 2.24) is 9.88 Å². The molecule has 0 amide bonds. The molecule has 1 aliphatic heterocycles. The second-order valence-electron chi connectivity index (χ2n) is 6.17. The molecule has 144 valence electrons. The summed E-state index contributed by atoms with van der Waals surface area (Å²) in [6.45, 7) is 12.4. The van der Waals surface area contributed by atoms with Crippen LogP contribution in [-0.2, 0) is 0 Å². The van der Waals surface area contributed by atoms with Crippen LogP contribution in [0.3, 0.4) is 0 Å². The van der Waals surface area contributed by atoms with Gasteiger partial charge < -0.3 is 4.90 Å². The second-order valence-corrected chi connectivity index (χ2v) is 6.17. The van der Waals surface area contributed by atoms with Gasteiger partial charge in [-0.05, 0) is 36.8 Å². The van der Waals surface area contributed by atoms with Crippen LogP contribution < -0.4 is 4.90 Å². The van der Waals surface area contributed by atoms with E-state index in [4.69, 9.17) is 4.98 Å². The summed E-state index contributed by atoms with van der Waals surface area (Å²) in [5.41, 5.74) is 1.04. The highest BCUT2D eigenvalue weighted by molar-refractivity contribution is 5.80. The van der Waals surface area contributed by atoms with Crippen molar-refractivity contribution in [3.05, 3.63) is 73.1 Å². The number of allylic oxidation sites excluding steroid dienone is 4. The Kier molecular flexibility index (Phi) is 8.72. The number of anilines is 1. The fourth-order valence-corrected chi connectivity index (χ4v) is 3.05. The van der Waals surface area contributed by atoms with Gasteiger partial charge in [0.15, 0.2) is 0 Å². The minimum atomic E-state index is -0.248. The van der Waals surface area contributed by atoms with Crippen LogP contribution in [0.2, 0.25) is 0 Å². The molecule has 0 N–H and O–H groups in total. The quantitative estimate of drug-likeness (QED) is 0.640. The Morgan fingerprint density at radius 3 is 2.59 bits per heavy atom. The van der Waals surface area contributed by atoms with E-state index >= 15 is 0 Å². The molecule has 0 saturated carbocycles. The molecule has 0 bridgehead atoms. The molecule has 1 aromatic carbocycles. The number of nitrogens with zero attached hydrogens (tertiary/aromatic N) is 3. The highest BCUT2D eigenvalue weighted by Gasteiger charge is 2.17. The Bertz CT molecular complexity index is 774. The zero-order chi connectivity index (χ0) is 19.5. The molecule has 0 atom stereocenters. The minimum Gasteiger partial charge on any atom is -0.354 e. The number of aromatic nitrogens is 1. The fourth-order valence-electron chi connectivity index (χ4n) is 3.05. The third kappa shape index (κ3) is 6.33. The minimum absolute atomic E-state index is 0.248. The highest BCUT2D eigenvalue weighted by Crippen LogP contribution is 2.19. The SMILES string of the molecule is C=C/C=C(F)\C=C/CCN1CCN(c2ccc3ccccc3n2)CC1.CC. The normalized spacial score (nSPS) is 15.7. The molecular weight excluding hydrogens is 337 g/mol. The molecule has 2 aromatic rings. The maximum atomic E-state index is 13.2. The molecule has 0 aliphatic carbocycles. The Hall–Kier alpha value is -2.46. The number of halogens is 1. The second kappa shape index (κ2) is 11.3. The van der Waals surface area contributed by atoms with E-state index in [-0.39, 0.29) is 5.83 Å². The summed E-state index contributed by atoms with van der Waals surface area (Å²) in [6.07, 6.45) is 7.07. The van der Waals surface area contributed by atoms with Gasteiger partial charge in [-0.2, -0.15) is 0 Å². The monoisotopic (exact) mass is 367 g/mol. The third-order valence-corrected chi connectivity index (χ3v) is 4.45. The Labute approximate surface area is 162 Å². The zero-order valence-electron chi connectivity index (χ0n) is 16.4. The molecule has 1 fully saturated rings. The lowest BCUT2D eigenvalue weighted by Crippen LogP contribution is -2.46. The lowest BCUT2D eigenvalue weighted by molar-refractivity contribution is 0.262. The number of fused-ring (bicyclic) bond motifs is 1. The summed E-state index contributed by atoms with van der Waals surface area (Å²) >= 11 is 0. The summed E-state index contributed by atoms with van der Waals surface area (Å²) in [5, 5.41) is 1.18. The maximum Gasteiger partial charge on any atom is 0.129 e. The topological polar surface area (TPSA) is 19.4 Å². The van der Waals surface area contributed by atoms with E-state index in [0.717, 1.165) is 50.5 Å². The van der Waals surface area contributed by atoms with Crippen molar-refractivity contribution in [2.24, 2.45) is 0 Å². The average Bonchev–Trinajstić information content (AvgIpc) is 2.73. The van der Waals surface area contributed by atoms with E-state index in [0.29, 0.717) is 0 Å². The van der Waals surface area contributed by atoms with Crippen molar-refractivity contribution in [3.8, 4) is 0 Å². The van der Waals surface area contributed by atoms with Gasteiger partial charge in [-0.25, -0.2) is 9.37 Å². The van der Waals surface area contributed by atoms with E-state index in [9.17, 15) is 4.39 Å². The molecule has 1 aromatic heterocycles. The third-order valence-electron chi connectivity index (χ3n) is 4.45. The van der Waals surface area contributed by atoms with Gasteiger partial charge in [-0.1, -0.05) is 50.8 Å². The van der Waals surface area contributed by atoms with Gasteiger partial charge in [0.25, 0.3) is 0 Å².